The summed E-state index contributed by atoms with van der Waals surface area (Å²) in [5, 5.41) is 11.1. The van der Waals surface area contributed by atoms with Crippen LogP contribution >= 0.6 is 23.2 Å². The van der Waals surface area contributed by atoms with Gasteiger partial charge in [0.2, 0.25) is 0 Å². The lowest BCUT2D eigenvalue weighted by Crippen LogP contribution is -1.83. The first-order valence-electron chi connectivity index (χ1n) is 7.01. The standard InChI is InChI=1S/C19H13Cl2NO/c20-16-8-6-15(17(21)11-16)12-22-18-10-14(7-9-19(18)23)13-4-2-1-3-5-13/h1-12,23H. The van der Waals surface area contributed by atoms with Crippen LogP contribution in [0.1, 0.15) is 5.56 Å². The van der Waals surface area contributed by atoms with Gasteiger partial charge in [-0.05, 0) is 35.4 Å². The summed E-state index contributed by atoms with van der Waals surface area (Å²) in [6.07, 6.45) is 1.61. The van der Waals surface area contributed by atoms with Crippen LogP contribution in [-0.4, -0.2) is 11.3 Å². The summed E-state index contributed by atoms with van der Waals surface area (Å²) in [7, 11) is 0. The summed E-state index contributed by atoms with van der Waals surface area (Å²) in [6.45, 7) is 0. The zero-order valence-electron chi connectivity index (χ0n) is 12.1. The number of phenolic OH excluding ortho intramolecular Hbond substituents is 1. The second-order valence-electron chi connectivity index (χ2n) is 4.99. The van der Waals surface area contributed by atoms with E-state index in [0.717, 1.165) is 16.7 Å². The van der Waals surface area contributed by atoms with Crippen LogP contribution in [0.5, 0.6) is 5.75 Å². The zero-order chi connectivity index (χ0) is 16.2. The van der Waals surface area contributed by atoms with Gasteiger partial charge in [-0.25, -0.2) is 0 Å². The molecule has 0 spiro atoms. The number of benzene rings is 3. The highest BCUT2D eigenvalue weighted by atomic mass is 35.5. The first-order chi connectivity index (χ1) is 11.1. The van der Waals surface area contributed by atoms with E-state index in [1.165, 1.54) is 0 Å². The molecule has 0 aliphatic carbocycles. The van der Waals surface area contributed by atoms with E-state index in [1.54, 1.807) is 30.5 Å². The predicted molar refractivity (Wildman–Crippen MR) is 97.3 cm³/mol. The highest BCUT2D eigenvalue weighted by molar-refractivity contribution is 6.36. The van der Waals surface area contributed by atoms with Crippen LogP contribution in [0.4, 0.5) is 5.69 Å². The van der Waals surface area contributed by atoms with E-state index >= 15 is 0 Å². The lowest BCUT2D eigenvalue weighted by atomic mass is 10.0. The van der Waals surface area contributed by atoms with Gasteiger partial charge in [0, 0.05) is 16.8 Å². The van der Waals surface area contributed by atoms with Crippen LogP contribution in [0.25, 0.3) is 11.1 Å². The van der Waals surface area contributed by atoms with Crippen LogP contribution in [0, 0.1) is 0 Å². The Balaban J connectivity index is 1.95. The predicted octanol–water partition coefficient (Wildman–Crippen LogP) is 6.12. The van der Waals surface area contributed by atoms with E-state index in [9.17, 15) is 5.11 Å². The minimum Gasteiger partial charge on any atom is -0.506 e. The Kier molecular flexibility index (Phi) is 4.65. The van der Waals surface area contributed by atoms with Crippen molar-refractivity contribution in [2.24, 2.45) is 4.99 Å². The summed E-state index contributed by atoms with van der Waals surface area (Å²) in [5.74, 6) is 0.117. The van der Waals surface area contributed by atoms with Gasteiger partial charge in [-0.1, -0.05) is 65.7 Å². The monoisotopic (exact) mass is 341 g/mol. The Morgan fingerprint density at radius 2 is 1.61 bits per heavy atom. The summed E-state index contributed by atoms with van der Waals surface area (Å²) in [6, 6.07) is 20.4. The largest absolute Gasteiger partial charge is 0.506 e. The molecule has 0 atom stereocenters. The van der Waals surface area contributed by atoms with Gasteiger partial charge in [-0.15, -0.1) is 0 Å². The molecule has 1 N–H and O–H groups in total. The van der Waals surface area contributed by atoms with Crippen molar-refractivity contribution in [2.75, 3.05) is 0 Å². The lowest BCUT2D eigenvalue weighted by molar-refractivity contribution is 0.477. The van der Waals surface area contributed by atoms with E-state index in [0.29, 0.717) is 15.7 Å². The topological polar surface area (TPSA) is 32.6 Å². The average molecular weight is 342 g/mol. The van der Waals surface area contributed by atoms with E-state index < -0.39 is 0 Å². The molecular formula is C19H13Cl2NO. The molecule has 0 fully saturated rings. The van der Waals surface area contributed by atoms with Crippen LogP contribution in [-0.2, 0) is 0 Å². The van der Waals surface area contributed by atoms with Gasteiger partial charge >= 0.3 is 0 Å². The summed E-state index contributed by atoms with van der Waals surface area (Å²) in [4.78, 5) is 4.35. The van der Waals surface area contributed by atoms with Gasteiger partial charge in [0.1, 0.15) is 11.4 Å². The molecule has 0 aliphatic heterocycles. The Labute approximate surface area is 144 Å². The molecule has 0 bridgehead atoms. The number of hydrogen-bond acceptors (Lipinski definition) is 2. The van der Waals surface area contributed by atoms with E-state index in [1.807, 2.05) is 42.5 Å². The van der Waals surface area contributed by atoms with Crippen molar-refractivity contribution < 1.29 is 5.11 Å². The van der Waals surface area contributed by atoms with E-state index in [4.69, 9.17) is 23.2 Å². The Morgan fingerprint density at radius 1 is 0.826 bits per heavy atom. The fourth-order valence-electron chi connectivity index (χ4n) is 2.18. The normalized spacial score (nSPS) is 11.0. The van der Waals surface area contributed by atoms with Crippen molar-refractivity contribution in [2.45, 2.75) is 0 Å². The third-order valence-corrected chi connectivity index (χ3v) is 3.95. The molecule has 0 amide bonds. The van der Waals surface area contributed by atoms with Gasteiger partial charge < -0.3 is 5.11 Å². The van der Waals surface area contributed by atoms with Crippen molar-refractivity contribution in [1.82, 2.24) is 0 Å². The van der Waals surface area contributed by atoms with Gasteiger partial charge in [0.25, 0.3) is 0 Å². The number of nitrogens with zero attached hydrogens (tertiary/aromatic N) is 1. The van der Waals surface area contributed by atoms with Gasteiger partial charge in [0.05, 0.1) is 5.02 Å². The molecule has 3 aromatic rings. The SMILES string of the molecule is Oc1ccc(-c2ccccc2)cc1N=Cc1ccc(Cl)cc1Cl. The molecule has 0 aliphatic rings. The maximum atomic E-state index is 10.0. The average Bonchev–Trinajstić information content (AvgIpc) is 2.56. The van der Waals surface area contributed by atoms with Crippen LogP contribution in [0.3, 0.4) is 0 Å². The highest BCUT2D eigenvalue weighted by Gasteiger charge is 2.04. The molecule has 3 aromatic carbocycles. The highest BCUT2D eigenvalue weighted by Crippen LogP contribution is 2.32. The van der Waals surface area contributed by atoms with Gasteiger partial charge in [-0.3, -0.25) is 4.99 Å². The molecule has 0 heterocycles. The second kappa shape index (κ2) is 6.86. The number of hydrogen-bond donors (Lipinski definition) is 1. The fourth-order valence-corrected chi connectivity index (χ4v) is 2.64. The van der Waals surface area contributed by atoms with E-state index in [2.05, 4.69) is 4.99 Å². The number of aliphatic imine (C=N–C) groups is 1. The quantitative estimate of drug-likeness (QED) is 0.572. The van der Waals surface area contributed by atoms with Crippen LogP contribution < -0.4 is 0 Å². The second-order valence-corrected chi connectivity index (χ2v) is 5.84. The fraction of sp³-hybridized carbons (Fsp3) is 0. The molecule has 0 aromatic heterocycles. The van der Waals surface area contributed by atoms with Gasteiger partial charge in [-0.2, -0.15) is 0 Å². The number of rotatable bonds is 3. The smallest absolute Gasteiger partial charge is 0.141 e. The summed E-state index contributed by atoms with van der Waals surface area (Å²) >= 11 is 12.0. The summed E-state index contributed by atoms with van der Waals surface area (Å²) < 4.78 is 0. The van der Waals surface area contributed by atoms with Crippen molar-refractivity contribution >= 4 is 35.1 Å². The Bertz CT molecular complexity index is 860. The Hall–Kier alpha value is -2.29. The molecule has 2 nitrogen and oxygen atoms in total. The van der Waals surface area contributed by atoms with Gasteiger partial charge in [0.15, 0.2) is 0 Å². The third kappa shape index (κ3) is 3.73. The maximum Gasteiger partial charge on any atom is 0.141 e. The van der Waals surface area contributed by atoms with Crippen molar-refractivity contribution in [3.63, 3.8) is 0 Å². The van der Waals surface area contributed by atoms with Crippen molar-refractivity contribution in [3.8, 4) is 16.9 Å². The maximum absolute atomic E-state index is 10.0. The molecule has 0 unspecified atom stereocenters. The lowest BCUT2D eigenvalue weighted by Gasteiger charge is -2.05. The number of aromatic hydroxyl groups is 1. The molecule has 114 valence electrons. The minimum absolute atomic E-state index is 0.117. The Morgan fingerprint density at radius 3 is 2.35 bits per heavy atom. The van der Waals surface area contributed by atoms with Crippen LogP contribution in [0.15, 0.2) is 71.7 Å². The molecule has 0 saturated heterocycles. The molecular weight excluding hydrogens is 329 g/mol. The first kappa shape index (κ1) is 15.6. The zero-order valence-corrected chi connectivity index (χ0v) is 13.6. The van der Waals surface area contributed by atoms with Crippen molar-refractivity contribution in [3.05, 3.63) is 82.3 Å². The molecule has 0 saturated carbocycles. The van der Waals surface area contributed by atoms with Crippen LogP contribution in [0.2, 0.25) is 10.0 Å². The molecule has 3 rings (SSSR count). The van der Waals surface area contributed by atoms with Crippen molar-refractivity contribution in [1.29, 1.82) is 0 Å². The summed E-state index contributed by atoms with van der Waals surface area (Å²) in [5.41, 5.74) is 3.27. The minimum atomic E-state index is 0.117. The third-order valence-electron chi connectivity index (χ3n) is 3.39. The number of halogens is 2. The number of phenols is 1. The molecule has 23 heavy (non-hydrogen) atoms. The molecule has 0 radical (unpaired) electrons. The molecule has 4 heteroatoms. The first-order valence-corrected chi connectivity index (χ1v) is 7.76. The van der Waals surface area contributed by atoms with E-state index in [-0.39, 0.29) is 5.75 Å².